The first-order chi connectivity index (χ1) is 14.6. The van der Waals surface area contributed by atoms with E-state index in [9.17, 15) is 19.8 Å². The Morgan fingerprint density at radius 3 is 2.44 bits per heavy atom. The van der Waals surface area contributed by atoms with Gasteiger partial charge in [0, 0.05) is 24.7 Å². The largest absolute Gasteiger partial charge is 0.457 e. The molecule has 180 valence electrons. The smallest absolute Gasteiger partial charge is 0.303 e. The zero-order valence-electron chi connectivity index (χ0n) is 20.4. The average molecular weight is 451 g/mol. The van der Waals surface area contributed by atoms with Crippen molar-refractivity contribution in [3.8, 4) is 12.3 Å². The molecular formula is C25H38O7. The summed E-state index contributed by atoms with van der Waals surface area (Å²) >= 11 is 0. The van der Waals surface area contributed by atoms with Gasteiger partial charge >= 0.3 is 5.97 Å². The van der Waals surface area contributed by atoms with Crippen LogP contribution >= 0.6 is 0 Å². The van der Waals surface area contributed by atoms with E-state index in [0.717, 1.165) is 0 Å². The van der Waals surface area contributed by atoms with Gasteiger partial charge in [-0.1, -0.05) is 33.6 Å². The Kier molecular flexibility index (Phi) is 6.13. The lowest BCUT2D eigenvalue weighted by Gasteiger charge is -2.71. The normalized spacial score (nSPS) is 47.7. The van der Waals surface area contributed by atoms with Gasteiger partial charge in [0.15, 0.2) is 17.5 Å². The summed E-state index contributed by atoms with van der Waals surface area (Å²) in [6.45, 7) is 12.3. The van der Waals surface area contributed by atoms with Crippen LogP contribution in [0, 0.1) is 29.1 Å². The van der Waals surface area contributed by atoms with Crippen LogP contribution in [0.2, 0.25) is 0 Å². The van der Waals surface area contributed by atoms with E-state index in [1.54, 1.807) is 20.8 Å². The standard InChI is InChI=1S/C25H38O7/c1-9-13-30-17-11-12-21(4,5)19-18(28)20(31-15(3)26)24(8)25(29,23(17,19)7)16(27)14-22(6,10-2)32-24/h1,17-20,28-29H,10-14H2,2-8H3/t17-,18-,19-,20-,22-,23-,24+,25-/m0/s1. The molecule has 7 heteroatoms. The second kappa shape index (κ2) is 7.80. The molecule has 0 aromatic carbocycles. The van der Waals surface area contributed by atoms with Gasteiger partial charge in [0.25, 0.3) is 0 Å². The number of ether oxygens (including phenoxy) is 3. The molecule has 3 aliphatic rings. The van der Waals surface area contributed by atoms with Gasteiger partial charge in [-0.15, -0.1) is 6.42 Å². The molecular weight excluding hydrogens is 412 g/mol. The predicted molar refractivity (Wildman–Crippen MR) is 118 cm³/mol. The van der Waals surface area contributed by atoms with E-state index in [1.807, 2.05) is 20.8 Å². The van der Waals surface area contributed by atoms with Gasteiger partial charge in [0.1, 0.15) is 12.2 Å². The SMILES string of the molecule is C#CCO[C@H]1CCC(C)(C)[C@@H]2[C@H](O)[C@H](OC(C)=O)[C@@]3(C)O[C@@](C)(CC)CC(=O)[C@]3(O)[C@@]12C. The maximum atomic E-state index is 13.9. The van der Waals surface area contributed by atoms with Crippen LogP contribution in [0.5, 0.6) is 0 Å². The molecule has 0 aromatic heterocycles. The molecule has 1 saturated heterocycles. The van der Waals surface area contributed by atoms with Crippen molar-refractivity contribution in [2.24, 2.45) is 16.7 Å². The third-order valence-electron chi connectivity index (χ3n) is 8.71. The minimum absolute atomic E-state index is 0.00305. The predicted octanol–water partition coefficient (Wildman–Crippen LogP) is 2.40. The molecule has 2 aliphatic carbocycles. The average Bonchev–Trinajstić information content (AvgIpc) is 2.68. The number of hydrogen-bond acceptors (Lipinski definition) is 7. The van der Waals surface area contributed by atoms with Gasteiger partial charge in [-0.3, -0.25) is 9.59 Å². The molecule has 3 rings (SSSR count). The second-order valence-electron chi connectivity index (χ2n) is 11.1. The number of Topliss-reactive ketones (excluding diaryl/α,β-unsaturated/α-hetero) is 1. The number of esters is 1. The molecule has 1 heterocycles. The van der Waals surface area contributed by atoms with Crippen molar-refractivity contribution >= 4 is 11.8 Å². The Morgan fingerprint density at radius 1 is 1.28 bits per heavy atom. The number of carbonyl (C=O) groups is 2. The number of ketones is 1. The first-order valence-corrected chi connectivity index (χ1v) is 11.5. The lowest BCUT2D eigenvalue weighted by molar-refractivity contribution is -0.377. The number of hydrogen-bond donors (Lipinski definition) is 2. The van der Waals surface area contributed by atoms with Crippen LogP contribution < -0.4 is 0 Å². The summed E-state index contributed by atoms with van der Waals surface area (Å²) in [5.74, 6) is 0.847. The summed E-state index contributed by atoms with van der Waals surface area (Å²) in [6, 6.07) is 0. The minimum atomic E-state index is -2.07. The molecule has 0 aromatic rings. The Hall–Kier alpha value is -1.46. The first kappa shape index (κ1) is 25.2. The number of rotatable bonds is 4. The molecule has 0 bridgehead atoms. The van der Waals surface area contributed by atoms with Crippen LogP contribution in [0.1, 0.15) is 74.1 Å². The molecule has 0 radical (unpaired) electrons. The Labute approximate surface area is 191 Å². The molecule has 7 nitrogen and oxygen atoms in total. The van der Waals surface area contributed by atoms with Gasteiger partial charge in [-0.05, 0) is 38.5 Å². The molecule has 2 saturated carbocycles. The highest BCUT2D eigenvalue weighted by molar-refractivity contribution is 5.92. The van der Waals surface area contributed by atoms with E-state index >= 15 is 0 Å². The highest BCUT2D eigenvalue weighted by Crippen LogP contribution is 2.67. The monoisotopic (exact) mass is 450 g/mol. The highest BCUT2D eigenvalue weighted by atomic mass is 16.6. The summed E-state index contributed by atoms with van der Waals surface area (Å²) in [7, 11) is 0. The molecule has 0 unspecified atom stereocenters. The van der Waals surface area contributed by atoms with Crippen LogP contribution in [0.3, 0.4) is 0 Å². The Balaban J connectivity index is 2.31. The summed E-state index contributed by atoms with van der Waals surface area (Å²) < 4.78 is 18.2. The van der Waals surface area contributed by atoms with E-state index in [2.05, 4.69) is 5.92 Å². The molecule has 8 atom stereocenters. The maximum absolute atomic E-state index is 13.9. The molecule has 0 spiro atoms. The molecule has 3 fully saturated rings. The summed E-state index contributed by atoms with van der Waals surface area (Å²) in [5, 5.41) is 24.2. The number of carbonyl (C=O) groups excluding carboxylic acids is 2. The van der Waals surface area contributed by atoms with Crippen molar-refractivity contribution in [2.75, 3.05) is 6.61 Å². The maximum Gasteiger partial charge on any atom is 0.303 e. The van der Waals surface area contributed by atoms with Crippen molar-refractivity contribution in [1.29, 1.82) is 0 Å². The minimum Gasteiger partial charge on any atom is -0.457 e. The van der Waals surface area contributed by atoms with Crippen LogP contribution in [-0.4, -0.2) is 63.7 Å². The van der Waals surface area contributed by atoms with Crippen molar-refractivity contribution in [2.45, 2.75) is 109 Å². The Morgan fingerprint density at radius 2 is 1.91 bits per heavy atom. The van der Waals surface area contributed by atoms with E-state index in [-0.39, 0.29) is 18.8 Å². The quantitative estimate of drug-likeness (QED) is 0.501. The highest BCUT2D eigenvalue weighted by Gasteiger charge is 2.81. The van der Waals surface area contributed by atoms with Crippen LogP contribution in [0.25, 0.3) is 0 Å². The molecule has 1 aliphatic heterocycles. The summed E-state index contributed by atoms with van der Waals surface area (Å²) in [5.41, 5.74) is -6.35. The van der Waals surface area contributed by atoms with E-state index in [4.69, 9.17) is 20.6 Å². The lowest BCUT2D eigenvalue weighted by atomic mass is 9.39. The van der Waals surface area contributed by atoms with Crippen LogP contribution in [0.15, 0.2) is 0 Å². The Bertz CT molecular complexity index is 831. The fraction of sp³-hybridized carbons (Fsp3) is 0.840. The lowest BCUT2D eigenvalue weighted by Crippen LogP contribution is -2.87. The number of fused-ring (bicyclic) bond motifs is 3. The third-order valence-corrected chi connectivity index (χ3v) is 8.71. The van der Waals surface area contributed by atoms with E-state index in [0.29, 0.717) is 19.3 Å². The van der Waals surface area contributed by atoms with Gasteiger partial charge < -0.3 is 24.4 Å². The fourth-order valence-electron chi connectivity index (χ4n) is 7.17. The van der Waals surface area contributed by atoms with Crippen molar-refractivity contribution in [1.82, 2.24) is 0 Å². The summed E-state index contributed by atoms with van der Waals surface area (Å²) in [4.78, 5) is 26.0. The van der Waals surface area contributed by atoms with Crippen molar-refractivity contribution in [3.63, 3.8) is 0 Å². The van der Waals surface area contributed by atoms with E-state index < -0.39 is 57.8 Å². The topological polar surface area (TPSA) is 102 Å². The van der Waals surface area contributed by atoms with Crippen LogP contribution in [-0.2, 0) is 23.8 Å². The first-order valence-electron chi connectivity index (χ1n) is 11.5. The molecule has 2 N–H and O–H groups in total. The third kappa shape index (κ3) is 3.18. The van der Waals surface area contributed by atoms with E-state index in [1.165, 1.54) is 6.92 Å². The number of terminal acetylenes is 1. The fourth-order valence-corrected chi connectivity index (χ4v) is 7.17. The number of aliphatic hydroxyl groups is 2. The molecule has 32 heavy (non-hydrogen) atoms. The van der Waals surface area contributed by atoms with Crippen molar-refractivity contribution in [3.05, 3.63) is 0 Å². The van der Waals surface area contributed by atoms with Gasteiger partial charge in [-0.2, -0.15) is 0 Å². The van der Waals surface area contributed by atoms with Gasteiger partial charge in [0.05, 0.1) is 17.8 Å². The molecule has 0 amide bonds. The second-order valence-corrected chi connectivity index (χ2v) is 11.1. The number of aliphatic hydroxyl groups excluding tert-OH is 1. The summed E-state index contributed by atoms with van der Waals surface area (Å²) in [6.07, 6.45) is 4.19. The zero-order valence-corrected chi connectivity index (χ0v) is 20.4. The van der Waals surface area contributed by atoms with Crippen molar-refractivity contribution < 1.29 is 34.0 Å². The van der Waals surface area contributed by atoms with Gasteiger partial charge in [0.2, 0.25) is 0 Å². The van der Waals surface area contributed by atoms with Crippen LogP contribution in [0.4, 0.5) is 0 Å². The zero-order chi connectivity index (χ0) is 24.3. The van der Waals surface area contributed by atoms with Gasteiger partial charge in [-0.25, -0.2) is 0 Å².